The Balaban J connectivity index is 1.89. The number of pyridine rings is 1. The summed E-state index contributed by atoms with van der Waals surface area (Å²) in [7, 11) is -2.34. The molecule has 182 valence electrons. The van der Waals surface area contributed by atoms with E-state index in [4.69, 9.17) is 16.3 Å². The fraction of sp³-hybridized carbons (Fsp3) is 0.222. The first-order chi connectivity index (χ1) is 16.3. The van der Waals surface area contributed by atoms with Gasteiger partial charge in [0.25, 0.3) is 10.0 Å². The van der Waals surface area contributed by atoms with Crippen LogP contribution in [0.2, 0.25) is 5.02 Å². The molecule has 0 saturated heterocycles. The first-order valence-electron chi connectivity index (χ1n) is 11.0. The number of anilines is 1. The Morgan fingerprint density at radius 1 is 1.03 bits per heavy atom. The van der Waals surface area contributed by atoms with Crippen molar-refractivity contribution in [3.63, 3.8) is 0 Å². The molecule has 4 rings (SSSR count). The Morgan fingerprint density at radius 2 is 1.66 bits per heavy atom. The molecule has 0 aliphatic rings. The molecule has 2 aromatic heterocycles. The van der Waals surface area contributed by atoms with Crippen molar-refractivity contribution in [1.82, 2.24) is 9.55 Å². The van der Waals surface area contributed by atoms with Gasteiger partial charge in [-0.3, -0.25) is 4.72 Å². The van der Waals surface area contributed by atoms with Crippen LogP contribution >= 0.6 is 11.6 Å². The normalized spacial score (nSPS) is 12.2. The molecule has 1 N–H and O–H groups in total. The minimum Gasteiger partial charge on any atom is -0.480 e. The maximum Gasteiger partial charge on any atom is 0.261 e. The Labute approximate surface area is 210 Å². The zero-order valence-electron chi connectivity index (χ0n) is 20.4. The number of halogens is 1. The summed E-state index contributed by atoms with van der Waals surface area (Å²) in [6.45, 7) is 16.6. The van der Waals surface area contributed by atoms with Gasteiger partial charge in [-0.05, 0) is 53.8 Å². The molecular weight excluding hydrogens is 482 g/mol. The van der Waals surface area contributed by atoms with Gasteiger partial charge >= 0.3 is 0 Å². The predicted molar refractivity (Wildman–Crippen MR) is 144 cm³/mol. The highest BCUT2D eigenvalue weighted by Crippen LogP contribution is 2.30. The predicted octanol–water partition coefficient (Wildman–Crippen LogP) is 4.91. The fourth-order valence-electron chi connectivity index (χ4n) is 4.12. The van der Waals surface area contributed by atoms with Crippen molar-refractivity contribution in [1.29, 1.82) is 0 Å². The number of ether oxygens (including phenoxy) is 1. The van der Waals surface area contributed by atoms with E-state index in [0.717, 1.165) is 11.1 Å². The van der Waals surface area contributed by atoms with Gasteiger partial charge in [0.1, 0.15) is 5.69 Å². The summed E-state index contributed by atoms with van der Waals surface area (Å²) in [4.78, 5) is 4.52. The summed E-state index contributed by atoms with van der Waals surface area (Å²) in [6, 6.07) is 12.1. The van der Waals surface area contributed by atoms with E-state index < -0.39 is 10.0 Å². The Morgan fingerprint density at radius 3 is 2.26 bits per heavy atom. The lowest BCUT2D eigenvalue weighted by molar-refractivity contribution is 0.395. The Bertz CT molecular complexity index is 1650. The number of benzene rings is 2. The van der Waals surface area contributed by atoms with E-state index >= 15 is 0 Å². The van der Waals surface area contributed by atoms with E-state index in [1.807, 2.05) is 25.1 Å². The highest BCUT2D eigenvalue weighted by Gasteiger charge is 2.22. The van der Waals surface area contributed by atoms with Crippen molar-refractivity contribution in [2.75, 3.05) is 11.8 Å². The summed E-state index contributed by atoms with van der Waals surface area (Å²) in [5.74, 6) is 0.392. The zero-order valence-corrected chi connectivity index (χ0v) is 22.0. The van der Waals surface area contributed by atoms with E-state index in [2.05, 4.69) is 43.6 Å². The monoisotopic (exact) mass is 509 g/mol. The molecule has 0 fully saturated rings. The summed E-state index contributed by atoms with van der Waals surface area (Å²) >= 11 is 6.56. The second kappa shape index (κ2) is 8.73. The molecular formula is C27H28ClN3O3S. The highest BCUT2D eigenvalue weighted by molar-refractivity contribution is 7.92. The third-order valence-electron chi connectivity index (χ3n) is 5.95. The number of fused-ring (bicyclic) bond motifs is 1. The van der Waals surface area contributed by atoms with Gasteiger partial charge in [-0.25, -0.2) is 13.4 Å². The van der Waals surface area contributed by atoms with Gasteiger partial charge in [0.15, 0.2) is 0 Å². The van der Waals surface area contributed by atoms with Crippen molar-refractivity contribution in [2.45, 2.75) is 38.0 Å². The zero-order chi connectivity index (χ0) is 25.7. The lowest BCUT2D eigenvalue weighted by Crippen LogP contribution is -2.24. The van der Waals surface area contributed by atoms with Crippen LogP contribution in [-0.4, -0.2) is 25.1 Å². The molecule has 0 radical (unpaired) electrons. The van der Waals surface area contributed by atoms with Crippen molar-refractivity contribution < 1.29 is 13.2 Å². The van der Waals surface area contributed by atoms with Crippen LogP contribution < -0.4 is 20.2 Å². The van der Waals surface area contributed by atoms with Gasteiger partial charge in [0.05, 0.1) is 22.7 Å². The van der Waals surface area contributed by atoms with Crippen molar-refractivity contribution in [3.8, 4) is 11.6 Å². The van der Waals surface area contributed by atoms with Gasteiger partial charge in [0, 0.05) is 27.7 Å². The van der Waals surface area contributed by atoms with Gasteiger partial charge in [-0.1, -0.05) is 57.7 Å². The maximum atomic E-state index is 13.3. The molecule has 0 amide bonds. The summed E-state index contributed by atoms with van der Waals surface area (Å²) in [5, 5.41) is 2.66. The van der Waals surface area contributed by atoms with Crippen LogP contribution in [0.25, 0.3) is 29.6 Å². The van der Waals surface area contributed by atoms with Crippen LogP contribution in [0.5, 0.6) is 5.88 Å². The molecule has 0 unspecified atom stereocenters. The van der Waals surface area contributed by atoms with Crippen LogP contribution in [0, 0.1) is 6.92 Å². The molecule has 0 bridgehead atoms. The second-order valence-corrected chi connectivity index (χ2v) is 11.6. The lowest BCUT2D eigenvalue weighted by Gasteiger charge is -2.19. The third kappa shape index (κ3) is 4.42. The quantitative estimate of drug-likeness (QED) is 0.414. The molecule has 0 aliphatic heterocycles. The van der Waals surface area contributed by atoms with Crippen molar-refractivity contribution >= 4 is 51.2 Å². The lowest BCUT2D eigenvalue weighted by atomic mass is 9.87. The summed E-state index contributed by atoms with van der Waals surface area (Å²) < 4.78 is 36.6. The third-order valence-corrected chi connectivity index (χ3v) is 7.65. The minimum atomic E-state index is -3.87. The Kier molecular flexibility index (Phi) is 6.19. The average molecular weight is 510 g/mol. The minimum absolute atomic E-state index is 0.0833. The molecule has 8 heteroatoms. The number of aryl methyl sites for hydroxylation is 1. The number of nitrogens with zero attached hydrogens (tertiary/aromatic N) is 2. The van der Waals surface area contributed by atoms with Gasteiger partial charge in [-0.2, -0.15) is 0 Å². The van der Waals surface area contributed by atoms with E-state index in [0.29, 0.717) is 43.7 Å². The van der Waals surface area contributed by atoms with Crippen molar-refractivity contribution in [3.05, 3.63) is 75.5 Å². The van der Waals surface area contributed by atoms with E-state index in [9.17, 15) is 8.42 Å². The molecule has 0 spiro atoms. The molecule has 2 heterocycles. The van der Waals surface area contributed by atoms with E-state index in [-0.39, 0.29) is 10.3 Å². The van der Waals surface area contributed by atoms with Crippen LogP contribution in [0.15, 0.2) is 53.6 Å². The van der Waals surface area contributed by atoms with Crippen molar-refractivity contribution in [2.24, 2.45) is 0 Å². The molecule has 0 saturated carbocycles. The topological polar surface area (TPSA) is 73.2 Å². The first-order valence-corrected chi connectivity index (χ1v) is 12.9. The standard InChI is InChI=1S/C27H28ClN3O3S/c1-16-14-23(26(34-7)29-15-16)31-17(2)24-21(28)12-13-22(25(24)18(31)3)30-35(32,33)20-10-8-19(9-11-20)27(4,5)6/h8-15,30H,2-3H2,1,4-7H3. The number of nitrogens with one attached hydrogen (secondary N) is 1. The average Bonchev–Trinajstić information content (AvgIpc) is 3.06. The van der Waals surface area contributed by atoms with Crippen LogP contribution in [0.1, 0.15) is 31.9 Å². The summed E-state index contributed by atoms with van der Waals surface area (Å²) in [5.41, 5.74) is 2.88. The number of sulfonamides is 1. The smallest absolute Gasteiger partial charge is 0.261 e. The second-order valence-electron chi connectivity index (χ2n) is 9.49. The highest BCUT2D eigenvalue weighted by atomic mass is 35.5. The SMILES string of the molecule is C=c1c2c(Cl)ccc(NS(=O)(=O)c3ccc(C(C)(C)C)cc3)c2c(=C)n1-c1cc(C)cnc1OC. The molecule has 35 heavy (non-hydrogen) atoms. The Hall–Kier alpha value is -3.29. The molecule has 4 aromatic rings. The number of methoxy groups -OCH3 is 1. The number of aromatic nitrogens is 2. The van der Waals surface area contributed by atoms with Gasteiger partial charge < -0.3 is 9.30 Å². The summed E-state index contributed by atoms with van der Waals surface area (Å²) in [6.07, 6.45) is 1.70. The van der Waals surface area contributed by atoms with Gasteiger partial charge in [0.2, 0.25) is 5.88 Å². The molecule has 0 aliphatic carbocycles. The number of hydrogen-bond acceptors (Lipinski definition) is 4. The van der Waals surface area contributed by atoms with E-state index in [1.54, 1.807) is 35.0 Å². The van der Waals surface area contributed by atoms with Crippen LogP contribution in [-0.2, 0) is 15.4 Å². The fourth-order valence-corrected chi connectivity index (χ4v) is 5.46. The molecule has 6 nitrogen and oxygen atoms in total. The molecule has 2 aromatic carbocycles. The largest absolute Gasteiger partial charge is 0.480 e. The number of hydrogen-bond donors (Lipinski definition) is 1. The van der Waals surface area contributed by atoms with Gasteiger partial charge in [-0.15, -0.1) is 0 Å². The maximum absolute atomic E-state index is 13.3. The first kappa shape index (κ1) is 24.8. The van der Waals surface area contributed by atoms with Crippen LogP contribution in [0.4, 0.5) is 5.69 Å². The van der Waals surface area contributed by atoms with E-state index in [1.165, 1.54) is 7.11 Å². The number of rotatable bonds is 5. The van der Waals surface area contributed by atoms with Crippen LogP contribution in [0.3, 0.4) is 0 Å². The molecule has 0 atom stereocenters.